The van der Waals surface area contributed by atoms with E-state index in [1.54, 1.807) is 28.4 Å². The zero-order valence-electron chi connectivity index (χ0n) is 48.3. The second kappa shape index (κ2) is 24.5. The topological polar surface area (TPSA) is 215 Å². The summed E-state index contributed by atoms with van der Waals surface area (Å²) < 4.78 is 18.6. The van der Waals surface area contributed by atoms with Crippen LogP contribution in [0.5, 0.6) is 5.75 Å². The summed E-state index contributed by atoms with van der Waals surface area (Å²) in [7, 11) is 0. The van der Waals surface area contributed by atoms with Gasteiger partial charge in [0.1, 0.15) is 17.7 Å². The van der Waals surface area contributed by atoms with Crippen LogP contribution >= 0.6 is 11.3 Å². The van der Waals surface area contributed by atoms with Gasteiger partial charge in [0.2, 0.25) is 11.8 Å². The highest BCUT2D eigenvalue weighted by Crippen LogP contribution is 2.40. The molecule has 3 aromatic heterocycles. The molecular formula is C62H84N12O7S. The van der Waals surface area contributed by atoms with Crippen molar-refractivity contribution in [3.05, 3.63) is 83.2 Å². The van der Waals surface area contributed by atoms with E-state index in [-0.39, 0.29) is 48.0 Å². The van der Waals surface area contributed by atoms with Crippen molar-refractivity contribution in [3.63, 3.8) is 0 Å². The number of amides is 2. The Kier molecular flexibility index (Phi) is 16.9. The maximum Gasteiger partial charge on any atom is 0.243 e. The Labute approximate surface area is 486 Å². The van der Waals surface area contributed by atoms with Crippen molar-refractivity contribution >= 4 is 40.5 Å². The van der Waals surface area contributed by atoms with Gasteiger partial charge in [-0.15, -0.1) is 21.5 Å². The Morgan fingerprint density at radius 3 is 2.28 bits per heavy atom. The molecule has 1 saturated carbocycles. The SMILES string of the molecule is Cc1ncsc1-c1ccc([C@H](C)NC(=O)[C@@H]2C[C@@H](O)CN2C(=O)[C@@H](c2cc(N3CCC(CN4CCC(OC5CC(N6CCC(CN7CCN(c8cc(-c9ccccc9O)nnc8N)CC78COC8)CC6)C5)CC4)CC3)no2)C(C)C)cc1. The number of aliphatic hydroxyl groups excluding tert-OH is 1. The van der Waals surface area contributed by atoms with Crippen LogP contribution < -0.4 is 20.9 Å². The molecule has 0 radical (unpaired) electrons. The number of aromatic nitrogens is 4. The average molecular weight is 1140 g/mol. The first-order chi connectivity index (χ1) is 39.7. The van der Waals surface area contributed by atoms with Gasteiger partial charge in [0.05, 0.1) is 70.6 Å². The Balaban J connectivity index is 0.544. The normalized spacial score (nSPS) is 25.1. The Morgan fingerprint density at radius 2 is 1.59 bits per heavy atom. The number of phenolic OH excluding ortho intramolecular Hbond substituents is 1. The van der Waals surface area contributed by atoms with Crippen molar-refractivity contribution < 1.29 is 33.8 Å². The largest absolute Gasteiger partial charge is 0.507 e. The molecule has 2 amide bonds. The Morgan fingerprint density at radius 1 is 0.854 bits per heavy atom. The number of aryl methyl sites for hydroxylation is 1. The van der Waals surface area contributed by atoms with Gasteiger partial charge in [0, 0.05) is 89.5 Å². The lowest BCUT2D eigenvalue weighted by Crippen LogP contribution is -2.72. The lowest BCUT2D eigenvalue weighted by atomic mass is 9.84. The minimum absolute atomic E-state index is 0.0300. The number of rotatable bonds is 17. The average Bonchev–Trinajstić information content (AvgIpc) is 4.29. The molecular weight excluding hydrogens is 1060 g/mol. The molecule has 5 aromatic rings. The van der Waals surface area contributed by atoms with E-state index in [0.29, 0.717) is 52.9 Å². The van der Waals surface area contributed by atoms with Crippen LogP contribution in [0.1, 0.15) is 108 Å². The second-order valence-electron chi connectivity index (χ2n) is 25.2. The number of benzene rings is 2. The molecule has 7 aliphatic rings. The maximum atomic E-state index is 14.4. The summed E-state index contributed by atoms with van der Waals surface area (Å²) >= 11 is 1.60. The number of carbonyl (C=O) groups excluding carboxylic acids is 2. The molecule has 9 heterocycles. The van der Waals surface area contributed by atoms with Crippen molar-refractivity contribution in [1.29, 1.82) is 0 Å². The van der Waals surface area contributed by atoms with Crippen molar-refractivity contribution in [3.8, 4) is 27.4 Å². The summed E-state index contributed by atoms with van der Waals surface area (Å²) in [5.41, 5.74) is 13.4. The third kappa shape index (κ3) is 12.1. The first kappa shape index (κ1) is 56.7. The predicted molar refractivity (Wildman–Crippen MR) is 317 cm³/mol. The fourth-order valence-electron chi connectivity index (χ4n) is 14.2. The fraction of sp³-hybridized carbons (Fsp3) is 0.613. The number of carbonyl (C=O) groups is 2. The molecule has 6 saturated heterocycles. The van der Waals surface area contributed by atoms with E-state index >= 15 is 0 Å². The van der Waals surface area contributed by atoms with E-state index < -0.39 is 18.1 Å². The van der Waals surface area contributed by atoms with Gasteiger partial charge in [-0.25, -0.2) is 4.98 Å². The van der Waals surface area contributed by atoms with Crippen LogP contribution in [0.25, 0.3) is 21.7 Å². The number of piperazine rings is 1. The predicted octanol–water partition coefficient (Wildman–Crippen LogP) is 6.96. The molecule has 1 spiro atoms. The first-order valence-corrected chi connectivity index (χ1v) is 31.2. The number of thiazole rings is 1. The van der Waals surface area contributed by atoms with Gasteiger partial charge in [-0.2, -0.15) is 0 Å². The number of aliphatic hydroxyl groups is 1. The van der Waals surface area contributed by atoms with Gasteiger partial charge >= 0.3 is 0 Å². The van der Waals surface area contributed by atoms with E-state index in [1.807, 2.05) is 81.7 Å². The standard InChI is InChI=1S/C62H84N12O7S/c1-39(2)57(61(78)74-34-47(75)29-53(74)60(77)65-40(3)44-9-11-45(12-10-44)58-41(4)64-38-82-58)55-31-56(68-81-55)71-23-15-42(16-24-71)32-69-19-17-48(18-20-69)80-49-27-46(28-49)70-21-13-43(14-22-70)33-73-26-25-72(35-62(73)36-79-37-62)52-30-51(66-67-59(52)63)50-7-5-6-8-54(50)76/h5-12,30-31,38-40,42-43,46-49,53,57,75-76H,13-29,32-37H2,1-4H3,(H2,63,67)(H,65,77)/t40-,46?,47+,49?,53-,57+/m0/s1. The second-order valence-corrected chi connectivity index (χ2v) is 26.1. The fourth-order valence-corrected chi connectivity index (χ4v) is 15.1. The van der Waals surface area contributed by atoms with Crippen molar-refractivity contribution in [2.75, 3.05) is 107 Å². The Bertz CT molecular complexity index is 2980. The van der Waals surface area contributed by atoms with Gasteiger partial charge in [-0.05, 0) is 125 Å². The quantitative estimate of drug-likeness (QED) is 0.0740. The summed E-state index contributed by atoms with van der Waals surface area (Å²) in [6.07, 6.45) is 9.21. The minimum atomic E-state index is -0.795. The highest BCUT2D eigenvalue weighted by Gasteiger charge is 2.50. The number of nitrogens with one attached hydrogen (secondary N) is 1. The molecule has 20 heteroatoms. The van der Waals surface area contributed by atoms with E-state index in [1.165, 1.54) is 12.8 Å². The lowest BCUT2D eigenvalue weighted by Gasteiger charge is -2.56. The summed E-state index contributed by atoms with van der Waals surface area (Å²) in [5.74, 6) is 1.86. The van der Waals surface area contributed by atoms with Gasteiger partial charge < -0.3 is 59.8 Å². The molecule has 4 atom stereocenters. The number of nitrogen functional groups attached to an aromatic ring is 1. The van der Waals surface area contributed by atoms with Crippen molar-refractivity contribution in [1.82, 2.24) is 45.3 Å². The monoisotopic (exact) mass is 1140 g/mol. The van der Waals surface area contributed by atoms with Gasteiger partial charge in [-0.1, -0.05) is 55.4 Å². The third-order valence-electron chi connectivity index (χ3n) is 19.3. The molecule has 82 heavy (non-hydrogen) atoms. The van der Waals surface area contributed by atoms with Gasteiger partial charge in [-0.3, -0.25) is 14.5 Å². The highest BCUT2D eigenvalue weighted by molar-refractivity contribution is 7.13. The number of ether oxygens (including phenoxy) is 2. The molecule has 1 aliphatic carbocycles. The number of phenols is 1. The van der Waals surface area contributed by atoms with Crippen molar-refractivity contribution in [2.45, 2.75) is 133 Å². The summed E-state index contributed by atoms with van der Waals surface area (Å²) in [6.45, 7) is 20.6. The highest BCUT2D eigenvalue weighted by atomic mass is 32.1. The van der Waals surface area contributed by atoms with Crippen molar-refractivity contribution in [2.24, 2.45) is 17.8 Å². The smallest absolute Gasteiger partial charge is 0.243 e. The summed E-state index contributed by atoms with van der Waals surface area (Å²) in [5, 5.41) is 37.5. The zero-order chi connectivity index (χ0) is 56.6. The minimum Gasteiger partial charge on any atom is -0.507 e. The van der Waals surface area contributed by atoms with E-state index in [2.05, 4.69) is 50.2 Å². The van der Waals surface area contributed by atoms with Crippen LogP contribution in [0.2, 0.25) is 0 Å². The molecule has 19 nitrogen and oxygen atoms in total. The molecule has 6 aliphatic heterocycles. The number of aromatic hydroxyl groups is 1. The van der Waals surface area contributed by atoms with Crippen LogP contribution in [0.3, 0.4) is 0 Å². The number of nitrogens with zero attached hydrogens (tertiary/aromatic N) is 10. The lowest BCUT2D eigenvalue weighted by molar-refractivity contribution is -0.148. The van der Waals surface area contributed by atoms with E-state index in [4.69, 9.17) is 19.7 Å². The zero-order valence-corrected chi connectivity index (χ0v) is 49.1. The maximum absolute atomic E-state index is 14.4. The number of likely N-dealkylation sites (tertiary alicyclic amines) is 3. The number of para-hydroxylation sites is 1. The van der Waals surface area contributed by atoms with Crippen LogP contribution in [-0.2, 0) is 19.1 Å². The Hall–Kier alpha value is -5.74. The number of β-amino-alcohol motifs (C(OH)–C–C–N with tert-alkyl or cyclic N) is 1. The van der Waals surface area contributed by atoms with Crippen LogP contribution in [-0.4, -0.2) is 190 Å². The summed E-state index contributed by atoms with van der Waals surface area (Å²) in [4.78, 5) is 48.0. The molecule has 0 unspecified atom stereocenters. The third-order valence-corrected chi connectivity index (χ3v) is 20.3. The van der Waals surface area contributed by atoms with Gasteiger partial charge in [0.25, 0.3) is 0 Å². The van der Waals surface area contributed by atoms with E-state index in [0.717, 1.165) is 157 Å². The van der Waals surface area contributed by atoms with E-state index in [9.17, 15) is 19.8 Å². The molecule has 0 bridgehead atoms. The number of piperidine rings is 3. The number of anilines is 3. The number of hydrogen-bond donors (Lipinski definition) is 4. The molecule has 7 fully saturated rings. The first-order valence-electron chi connectivity index (χ1n) is 30.4. The number of nitrogens with two attached hydrogens (primary N) is 1. The summed E-state index contributed by atoms with van der Waals surface area (Å²) in [6, 6.07) is 18.8. The van der Waals surface area contributed by atoms with Crippen LogP contribution in [0, 0.1) is 24.7 Å². The molecule has 440 valence electrons. The van der Waals surface area contributed by atoms with Gasteiger partial charge in [0.15, 0.2) is 17.4 Å². The molecule has 5 N–H and O–H groups in total. The molecule has 12 rings (SSSR count). The van der Waals surface area contributed by atoms with Crippen LogP contribution in [0.4, 0.5) is 17.3 Å². The van der Waals surface area contributed by atoms with Crippen LogP contribution in [0.15, 0.2) is 70.7 Å². The molecule has 2 aromatic carbocycles. The number of hydrogen-bond acceptors (Lipinski definition) is 18.